The number of ether oxygens (including phenoxy) is 1. The fraction of sp³-hybridized carbons (Fsp3) is 0.800. The minimum Gasteiger partial charge on any atom is -0.461 e. The van der Waals surface area contributed by atoms with E-state index < -0.39 is 0 Å². The largest absolute Gasteiger partial charge is 0.461 e. The van der Waals surface area contributed by atoms with E-state index in [0.29, 0.717) is 18.2 Å². The number of hydrogen-bond acceptors (Lipinski definition) is 3. The van der Waals surface area contributed by atoms with Gasteiger partial charge in [0.1, 0.15) is 6.61 Å². The van der Waals surface area contributed by atoms with Crippen molar-refractivity contribution in [1.29, 1.82) is 0 Å². The Labute approximate surface area is 112 Å². The van der Waals surface area contributed by atoms with E-state index in [1.54, 1.807) is 6.92 Å². The number of unbranched alkanes of at least 4 members (excludes halogenated alkanes) is 2. The van der Waals surface area contributed by atoms with Crippen molar-refractivity contribution in [1.82, 2.24) is 5.32 Å². The topological polar surface area (TPSA) is 38.3 Å². The molecule has 0 bridgehead atoms. The van der Waals surface area contributed by atoms with Crippen molar-refractivity contribution in [3.05, 3.63) is 12.2 Å². The van der Waals surface area contributed by atoms with Gasteiger partial charge in [-0.1, -0.05) is 46.1 Å². The van der Waals surface area contributed by atoms with Crippen LogP contribution in [0.1, 0.15) is 59.3 Å². The summed E-state index contributed by atoms with van der Waals surface area (Å²) in [5.41, 5.74) is 0.462. The molecule has 3 heteroatoms. The molecular formula is C15H29NO2. The molecule has 0 aliphatic heterocycles. The minimum absolute atomic E-state index is 0.296. The molecule has 0 amide bonds. The lowest BCUT2D eigenvalue weighted by molar-refractivity contribution is -0.138. The van der Waals surface area contributed by atoms with Crippen LogP contribution in [0, 0.1) is 0 Å². The number of hydrogen-bond donors (Lipinski definition) is 1. The molecule has 106 valence electrons. The molecule has 0 saturated carbocycles. The lowest BCUT2D eigenvalue weighted by atomic mass is 10.0. The van der Waals surface area contributed by atoms with Gasteiger partial charge < -0.3 is 10.1 Å². The van der Waals surface area contributed by atoms with Crippen molar-refractivity contribution in [3.8, 4) is 0 Å². The molecule has 0 aliphatic rings. The van der Waals surface area contributed by atoms with Crippen LogP contribution in [-0.4, -0.2) is 25.2 Å². The fourth-order valence-electron chi connectivity index (χ4n) is 1.78. The summed E-state index contributed by atoms with van der Waals surface area (Å²) in [6.07, 6.45) is 7.40. The minimum atomic E-state index is -0.296. The van der Waals surface area contributed by atoms with Gasteiger partial charge in [0, 0.05) is 18.2 Å². The Bertz CT molecular complexity index is 231. The van der Waals surface area contributed by atoms with Crippen LogP contribution < -0.4 is 5.32 Å². The van der Waals surface area contributed by atoms with Crippen LogP contribution in [0.3, 0.4) is 0 Å². The van der Waals surface area contributed by atoms with E-state index in [2.05, 4.69) is 25.7 Å². The molecule has 0 aromatic rings. The zero-order valence-corrected chi connectivity index (χ0v) is 12.3. The van der Waals surface area contributed by atoms with Crippen molar-refractivity contribution in [2.24, 2.45) is 0 Å². The molecule has 0 aromatic heterocycles. The van der Waals surface area contributed by atoms with Crippen LogP contribution in [0.5, 0.6) is 0 Å². The summed E-state index contributed by atoms with van der Waals surface area (Å²) in [7, 11) is 0. The zero-order valence-electron chi connectivity index (χ0n) is 12.3. The Morgan fingerprint density at radius 2 is 1.78 bits per heavy atom. The van der Waals surface area contributed by atoms with Crippen molar-refractivity contribution >= 4 is 5.97 Å². The number of carbonyl (C=O) groups excluding carboxylic acids is 1. The van der Waals surface area contributed by atoms with E-state index in [0.717, 1.165) is 6.54 Å². The second kappa shape index (κ2) is 11.3. The third-order valence-electron chi connectivity index (χ3n) is 2.93. The summed E-state index contributed by atoms with van der Waals surface area (Å²) in [4.78, 5) is 11.2. The lowest BCUT2D eigenvalue weighted by Gasteiger charge is -2.18. The molecule has 0 fully saturated rings. The first-order valence-electron chi connectivity index (χ1n) is 7.17. The SMILES string of the molecule is C=C(C)C(=O)OCCNC(CCCC)CCCC. The molecule has 0 heterocycles. The third-order valence-corrected chi connectivity index (χ3v) is 2.93. The predicted octanol–water partition coefficient (Wildman–Crippen LogP) is 3.44. The van der Waals surface area contributed by atoms with E-state index in [-0.39, 0.29) is 5.97 Å². The monoisotopic (exact) mass is 255 g/mol. The first-order valence-corrected chi connectivity index (χ1v) is 7.17. The summed E-state index contributed by atoms with van der Waals surface area (Å²) in [6.45, 7) is 10.8. The van der Waals surface area contributed by atoms with Gasteiger partial charge in [0.25, 0.3) is 0 Å². The third kappa shape index (κ3) is 9.23. The Kier molecular flexibility index (Phi) is 10.8. The van der Waals surface area contributed by atoms with Gasteiger partial charge in [-0.15, -0.1) is 0 Å². The van der Waals surface area contributed by atoms with E-state index in [1.807, 2.05) is 0 Å². The highest BCUT2D eigenvalue weighted by atomic mass is 16.5. The van der Waals surface area contributed by atoms with E-state index >= 15 is 0 Å². The molecular weight excluding hydrogens is 226 g/mol. The van der Waals surface area contributed by atoms with Crippen molar-refractivity contribution in [2.75, 3.05) is 13.2 Å². The molecule has 3 nitrogen and oxygen atoms in total. The van der Waals surface area contributed by atoms with Gasteiger partial charge >= 0.3 is 5.97 Å². The molecule has 0 rings (SSSR count). The van der Waals surface area contributed by atoms with Crippen LogP contribution in [0.2, 0.25) is 0 Å². The maximum atomic E-state index is 11.2. The second-order valence-electron chi connectivity index (χ2n) is 4.85. The van der Waals surface area contributed by atoms with Crippen molar-refractivity contribution in [2.45, 2.75) is 65.3 Å². The number of nitrogens with one attached hydrogen (secondary N) is 1. The Balaban J connectivity index is 3.73. The number of esters is 1. The maximum absolute atomic E-state index is 11.2. The highest BCUT2D eigenvalue weighted by Crippen LogP contribution is 2.08. The average molecular weight is 255 g/mol. The second-order valence-corrected chi connectivity index (χ2v) is 4.85. The molecule has 0 radical (unpaired) electrons. The predicted molar refractivity (Wildman–Crippen MR) is 76.6 cm³/mol. The summed E-state index contributed by atoms with van der Waals surface area (Å²) in [6, 6.07) is 0.563. The number of carbonyl (C=O) groups is 1. The molecule has 0 aromatic carbocycles. The fourth-order valence-corrected chi connectivity index (χ4v) is 1.78. The van der Waals surface area contributed by atoms with Crippen LogP contribution in [-0.2, 0) is 9.53 Å². The number of rotatable bonds is 11. The summed E-state index contributed by atoms with van der Waals surface area (Å²) in [5.74, 6) is -0.296. The highest BCUT2D eigenvalue weighted by Gasteiger charge is 2.07. The van der Waals surface area contributed by atoms with Crippen LogP contribution in [0.25, 0.3) is 0 Å². The Morgan fingerprint density at radius 1 is 1.22 bits per heavy atom. The Hall–Kier alpha value is -0.830. The normalized spacial score (nSPS) is 10.7. The lowest BCUT2D eigenvalue weighted by Crippen LogP contribution is -2.32. The standard InChI is InChI=1S/C15H29NO2/c1-5-7-9-14(10-8-6-2)16-11-12-18-15(17)13(3)4/h14,16H,3,5-12H2,1-2,4H3. The summed E-state index contributed by atoms with van der Waals surface area (Å²) in [5, 5.41) is 3.48. The highest BCUT2D eigenvalue weighted by molar-refractivity contribution is 5.86. The van der Waals surface area contributed by atoms with Gasteiger partial charge in [-0.2, -0.15) is 0 Å². The van der Waals surface area contributed by atoms with Crippen LogP contribution in [0.15, 0.2) is 12.2 Å². The Morgan fingerprint density at radius 3 is 2.22 bits per heavy atom. The molecule has 0 atom stereocenters. The van der Waals surface area contributed by atoms with Crippen LogP contribution >= 0.6 is 0 Å². The molecule has 0 unspecified atom stereocenters. The smallest absolute Gasteiger partial charge is 0.333 e. The van der Waals surface area contributed by atoms with Crippen LogP contribution in [0.4, 0.5) is 0 Å². The van der Waals surface area contributed by atoms with E-state index in [4.69, 9.17) is 4.74 Å². The molecule has 0 aliphatic carbocycles. The van der Waals surface area contributed by atoms with Gasteiger partial charge in [0.15, 0.2) is 0 Å². The van der Waals surface area contributed by atoms with Gasteiger partial charge in [0.05, 0.1) is 0 Å². The van der Waals surface area contributed by atoms with Gasteiger partial charge in [-0.3, -0.25) is 0 Å². The molecule has 0 saturated heterocycles. The quantitative estimate of drug-likeness (QED) is 0.349. The van der Waals surface area contributed by atoms with Crippen molar-refractivity contribution in [3.63, 3.8) is 0 Å². The van der Waals surface area contributed by atoms with Crippen molar-refractivity contribution < 1.29 is 9.53 Å². The first kappa shape index (κ1) is 17.2. The van der Waals surface area contributed by atoms with Gasteiger partial charge in [0.2, 0.25) is 0 Å². The molecule has 0 spiro atoms. The zero-order chi connectivity index (χ0) is 13.8. The average Bonchev–Trinajstić information content (AvgIpc) is 2.36. The van der Waals surface area contributed by atoms with Gasteiger partial charge in [-0.05, 0) is 19.8 Å². The van der Waals surface area contributed by atoms with E-state index in [1.165, 1.54) is 38.5 Å². The molecule has 18 heavy (non-hydrogen) atoms. The summed E-state index contributed by atoms with van der Waals surface area (Å²) >= 11 is 0. The van der Waals surface area contributed by atoms with E-state index in [9.17, 15) is 4.79 Å². The van der Waals surface area contributed by atoms with Gasteiger partial charge in [-0.25, -0.2) is 4.79 Å². The molecule has 1 N–H and O–H groups in total. The summed E-state index contributed by atoms with van der Waals surface area (Å²) < 4.78 is 5.06. The first-order chi connectivity index (χ1) is 8.61. The maximum Gasteiger partial charge on any atom is 0.333 e.